The summed E-state index contributed by atoms with van der Waals surface area (Å²) in [5.74, 6) is -0.0142. The van der Waals surface area contributed by atoms with Crippen molar-refractivity contribution in [3.63, 3.8) is 0 Å². The summed E-state index contributed by atoms with van der Waals surface area (Å²) in [5.41, 5.74) is 1.29. The molecule has 1 aliphatic heterocycles. The normalized spacial score (nSPS) is 17.5. The van der Waals surface area contributed by atoms with Gasteiger partial charge in [-0.25, -0.2) is 4.98 Å². The quantitative estimate of drug-likeness (QED) is 0.859. The van der Waals surface area contributed by atoms with E-state index in [0.717, 1.165) is 32.5 Å². The van der Waals surface area contributed by atoms with E-state index in [4.69, 9.17) is 0 Å². The molecule has 24 heavy (non-hydrogen) atoms. The Kier molecular flexibility index (Phi) is 5.53. The number of nitrogens with zero attached hydrogens (tertiary/aromatic N) is 5. The van der Waals surface area contributed by atoms with Crippen molar-refractivity contribution in [2.45, 2.75) is 38.9 Å². The van der Waals surface area contributed by atoms with Crippen LogP contribution in [-0.4, -0.2) is 49.7 Å². The molecule has 1 aliphatic rings. The molecule has 0 spiro atoms. The van der Waals surface area contributed by atoms with Crippen LogP contribution in [0.2, 0.25) is 0 Å². The first-order valence-electron chi connectivity index (χ1n) is 8.45. The number of rotatable bonds is 6. The topological polar surface area (TPSA) is 75.9 Å². The average Bonchev–Trinajstić information content (AvgIpc) is 3.10. The third kappa shape index (κ3) is 4.61. The summed E-state index contributed by atoms with van der Waals surface area (Å²) < 4.78 is 1.70. The molecule has 128 valence electrons. The third-order valence-electron chi connectivity index (χ3n) is 4.46. The predicted molar refractivity (Wildman–Crippen MR) is 89.9 cm³/mol. The first-order chi connectivity index (χ1) is 11.7. The molecule has 0 unspecified atom stereocenters. The molecule has 1 saturated heterocycles. The first kappa shape index (κ1) is 16.6. The number of hydrogen-bond donors (Lipinski definition) is 1. The number of likely N-dealkylation sites (tertiary alicyclic amines) is 1. The zero-order valence-electron chi connectivity index (χ0n) is 14.0. The van der Waals surface area contributed by atoms with Crippen LogP contribution in [0.15, 0.2) is 37.2 Å². The van der Waals surface area contributed by atoms with E-state index in [2.05, 4.69) is 37.4 Å². The maximum absolute atomic E-state index is 12.3. The van der Waals surface area contributed by atoms with Gasteiger partial charge < -0.3 is 5.32 Å². The lowest BCUT2D eigenvalue weighted by atomic mass is 10.0. The van der Waals surface area contributed by atoms with E-state index < -0.39 is 0 Å². The standard InChI is InChI=1S/C17H24N6O/c1-14(10-23-13-19-12-20-23)17(24)21-16-4-8-22(9-5-16)11-15-2-6-18-7-3-15/h2-3,6-7,12-14,16H,4-5,8-11H2,1H3,(H,21,24)/t14-/m0/s1. The average molecular weight is 328 g/mol. The minimum atomic E-state index is -0.110. The van der Waals surface area contributed by atoms with Gasteiger partial charge in [0.05, 0.1) is 12.5 Å². The molecule has 0 saturated carbocycles. The molecule has 2 aromatic heterocycles. The van der Waals surface area contributed by atoms with Gasteiger partial charge in [-0.05, 0) is 30.5 Å². The predicted octanol–water partition coefficient (Wildman–Crippen LogP) is 1.09. The van der Waals surface area contributed by atoms with Crippen LogP contribution in [0.3, 0.4) is 0 Å². The van der Waals surface area contributed by atoms with Gasteiger partial charge in [-0.15, -0.1) is 0 Å². The SMILES string of the molecule is C[C@@H](Cn1cncn1)C(=O)NC1CCN(Cc2ccncc2)CC1. The molecule has 0 radical (unpaired) electrons. The number of aromatic nitrogens is 4. The Bertz CT molecular complexity index is 622. The van der Waals surface area contributed by atoms with Gasteiger partial charge in [0.1, 0.15) is 12.7 Å². The van der Waals surface area contributed by atoms with Crippen molar-refractivity contribution in [2.24, 2.45) is 5.92 Å². The van der Waals surface area contributed by atoms with Crippen molar-refractivity contribution < 1.29 is 4.79 Å². The fourth-order valence-corrected chi connectivity index (χ4v) is 3.02. The third-order valence-corrected chi connectivity index (χ3v) is 4.46. The molecule has 2 aromatic rings. The van der Waals surface area contributed by atoms with Crippen molar-refractivity contribution in [2.75, 3.05) is 13.1 Å². The summed E-state index contributed by atoms with van der Waals surface area (Å²) in [6.45, 7) is 5.45. The molecular weight excluding hydrogens is 304 g/mol. The van der Waals surface area contributed by atoms with Gasteiger partial charge in [-0.3, -0.25) is 19.4 Å². The Labute approximate surface area is 142 Å². The minimum Gasteiger partial charge on any atom is -0.353 e. The first-order valence-corrected chi connectivity index (χ1v) is 8.45. The van der Waals surface area contributed by atoms with E-state index in [0.29, 0.717) is 6.54 Å². The highest BCUT2D eigenvalue weighted by molar-refractivity contribution is 5.78. The lowest BCUT2D eigenvalue weighted by Crippen LogP contribution is -2.46. The number of hydrogen-bond acceptors (Lipinski definition) is 5. The van der Waals surface area contributed by atoms with Crippen molar-refractivity contribution >= 4 is 5.91 Å². The summed E-state index contributed by atoms with van der Waals surface area (Å²) in [6, 6.07) is 4.38. The molecule has 0 bridgehead atoms. The van der Waals surface area contributed by atoms with E-state index in [9.17, 15) is 4.79 Å². The Balaban J connectivity index is 1.41. The van der Waals surface area contributed by atoms with E-state index in [1.54, 1.807) is 11.0 Å². The summed E-state index contributed by atoms with van der Waals surface area (Å²) >= 11 is 0. The molecule has 7 nitrogen and oxygen atoms in total. The van der Waals surface area contributed by atoms with E-state index in [1.807, 2.05) is 19.3 Å². The molecule has 1 atom stereocenters. The number of piperidine rings is 1. The monoisotopic (exact) mass is 328 g/mol. The van der Waals surface area contributed by atoms with Crippen LogP contribution in [0, 0.1) is 5.92 Å². The second-order valence-corrected chi connectivity index (χ2v) is 6.43. The van der Waals surface area contributed by atoms with Gasteiger partial charge in [-0.2, -0.15) is 5.10 Å². The van der Waals surface area contributed by atoms with Gasteiger partial charge in [0.2, 0.25) is 5.91 Å². The summed E-state index contributed by atoms with van der Waals surface area (Å²) in [6.07, 6.45) is 8.78. The van der Waals surface area contributed by atoms with Crippen LogP contribution in [0.25, 0.3) is 0 Å². The van der Waals surface area contributed by atoms with Crippen molar-refractivity contribution in [1.29, 1.82) is 0 Å². The van der Waals surface area contributed by atoms with Crippen molar-refractivity contribution in [1.82, 2.24) is 30.0 Å². The summed E-state index contributed by atoms with van der Waals surface area (Å²) in [4.78, 5) is 22.7. The van der Waals surface area contributed by atoms with Gasteiger partial charge in [0.25, 0.3) is 0 Å². The molecule has 1 fully saturated rings. The molecule has 3 rings (SSSR count). The Morgan fingerprint density at radius 2 is 2.04 bits per heavy atom. The highest BCUT2D eigenvalue weighted by Gasteiger charge is 2.23. The maximum Gasteiger partial charge on any atom is 0.224 e. The van der Waals surface area contributed by atoms with E-state index in [-0.39, 0.29) is 17.9 Å². The van der Waals surface area contributed by atoms with Gasteiger partial charge in [0.15, 0.2) is 0 Å². The van der Waals surface area contributed by atoms with Crippen LogP contribution in [-0.2, 0) is 17.9 Å². The zero-order chi connectivity index (χ0) is 16.8. The number of pyridine rings is 1. The van der Waals surface area contributed by atoms with Crippen molar-refractivity contribution in [3.8, 4) is 0 Å². The van der Waals surface area contributed by atoms with Crippen molar-refractivity contribution in [3.05, 3.63) is 42.7 Å². The fraction of sp³-hybridized carbons (Fsp3) is 0.529. The van der Waals surface area contributed by atoms with Crippen LogP contribution >= 0.6 is 0 Å². The number of carbonyl (C=O) groups excluding carboxylic acids is 1. The van der Waals surface area contributed by atoms with Crippen LogP contribution in [0.5, 0.6) is 0 Å². The minimum absolute atomic E-state index is 0.0954. The number of nitrogens with one attached hydrogen (secondary N) is 1. The maximum atomic E-state index is 12.3. The van der Waals surface area contributed by atoms with Gasteiger partial charge in [0, 0.05) is 38.1 Å². The second kappa shape index (κ2) is 8.01. The molecule has 3 heterocycles. The lowest BCUT2D eigenvalue weighted by molar-refractivity contribution is -0.126. The fourth-order valence-electron chi connectivity index (χ4n) is 3.02. The zero-order valence-corrected chi connectivity index (χ0v) is 14.0. The van der Waals surface area contributed by atoms with Crippen LogP contribution in [0.4, 0.5) is 0 Å². The van der Waals surface area contributed by atoms with E-state index in [1.165, 1.54) is 11.9 Å². The molecule has 7 heteroatoms. The molecule has 0 aliphatic carbocycles. The van der Waals surface area contributed by atoms with Crippen LogP contribution < -0.4 is 5.32 Å². The second-order valence-electron chi connectivity index (χ2n) is 6.43. The highest BCUT2D eigenvalue weighted by atomic mass is 16.2. The Morgan fingerprint density at radius 3 is 2.71 bits per heavy atom. The number of carbonyl (C=O) groups is 1. The largest absolute Gasteiger partial charge is 0.353 e. The van der Waals surface area contributed by atoms with Gasteiger partial charge in [-0.1, -0.05) is 6.92 Å². The van der Waals surface area contributed by atoms with Gasteiger partial charge >= 0.3 is 0 Å². The van der Waals surface area contributed by atoms with E-state index >= 15 is 0 Å². The summed E-state index contributed by atoms with van der Waals surface area (Å²) in [7, 11) is 0. The van der Waals surface area contributed by atoms with Crippen LogP contribution in [0.1, 0.15) is 25.3 Å². The lowest BCUT2D eigenvalue weighted by Gasteiger charge is -2.32. The Hall–Kier alpha value is -2.28. The highest BCUT2D eigenvalue weighted by Crippen LogP contribution is 2.14. The molecule has 0 aromatic carbocycles. The number of amides is 1. The molecular formula is C17H24N6O. The smallest absolute Gasteiger partial charge is 0.224 e. The summed E-state index contributed by atoms with van der Waals surface area (Å²) in [5, 5.41) is 7.23. The molecule has 1 N–H and O–H groups in total. The molecule has 1 amide bonds. The Morgan fingerprint density at radius 1 is 1.29 bits per heavy atom.